The lowest BCUT2D eigenvalue weighted by atomic mass is 9.65. The summed E-state index contributed by atoms with van der Waals surface area (Å²) in [6.07, 6.45) is 7.07. The SMILES string of the molecule is c1ccc(CNC23CC4CC(CC(C4)O2)C3)cc1. The second-order valence-corrected chi connectivity index (χ2v) is 6.42. The van der Waals surface area contributed by atoms with Crippen molar-refractivity contribution < 1.29 is 4.74 Å². The van der Waals surface area contributed by atoms with Gasteiger partial charge in [0.15, 0.2) is 0 Å². The maximum absolute atomic E-state index is 6.32. The van der Waals surface area contributed by atoms with Crippen LogP contribution >= 0.6 is 0 Å². The van der Waals surface area contributed by atoms with Crippen molar-refractivity contribution in [3.8, 4) is 0 Å². The van der Waals surface area contributed by atoms with Crippen LogP contribution in [0.2, 0.25) is 0 Å². The quantitative estimate of drug-likeness (QED) is 0.881. The molecule has 0 spiro atoms. The van der Waals surface area contributed by atoms with Gasteiger partial charge < -0.3 is 4.74 Å². The molecule has 1 aromatic carbocycles. The van der Waals surface area contributed by atoms with Crippen molar-refractivity contribution in [3.05, 3.63) is 35.9 Å². The molecular weight excluding hydrogens is 222 g/mol. The van der Waals surface area contributed by atoms with E-state index in [2.05, 4.69) is 35.6 Å². The van der Waals surface area contributed by atoms with Gasteiger partial charge in [0, 0.05) is 6.54 Å². The summed E-state index contributed by atoms with van der Waals surface area (Å²) in [6.45, 7) is 0.938. The molecule has 4 aliphatic rings. The molecule has 2 heterocycles. The first-order valence-corrected chi connectivity index (χ1v) is 7.28. The predicted molar refractivity (Wildman–Crippen MR) is 71.0 cm³/mol. The first-order chi connectivity index (χ1) is 8.81. The van der Waals surface area contributed by atoms with Gasteiger partial charge in [0.1, 0.15) is 5.72 Å². The van der Waals surface area contributed by atoms with Crippen LogP contribution in [0, 0.1) is 11.8 Å². The molecule has 0 amide bonds. The summed E-state index contributed by atoms with van der Waals surface area (Å²) >= 11 is 0. The van der Waals surface area contributed by atoms with E-state index >= 15 is 0 Å². The van der Waals surface area contributed by atoms with Gasteiger partial charge in [-0.25, -0.2) is 0 Å². The molecule has 96 valence electrons. The Balaban J connectivity index is 1.48. The molecule has 2 atom stereocenters. The number of rotatable bonds is 3. The molecule has 1 N–H and O–H groups in total. The Hall–Kier alpha value is -0.860. The van der Waals surface area contributed by atoms with E-state index in [0.717, 1.165) is 18.4 Å². The first-order valence-electron chi connectivity index (χ1n) is 7.28. The third kappa shape index (κ3) is 1.88. The Labute approximate surface area is 109 Å². The smallest absolute Gasteiger partial charge is 0.120 e. The standard InChI is InChI=1S/C16H21NO/c1-2-4-12(5-3-1)11-17-16-9-13-6-14(10-16)8-15(7-13)18-16/h1-5,13-15,17H,6-11H2. The average molecular weight is 243 g/mol. The van der Waals surface area contributed by atoms with Crippen molar-refractivity contribution in [2.75, 3.05) is 0 Å². The number of hydrogen-bond donors (Lipinski definition) is 1. The van der Waals surface area contributed by atoms with E-state index in [0.29, 0.717) is 6.10 Å². The Kier molecular flexibility index (Phi) is 2.49. The molecule has 2 saturated heterocycles. The highest BCUT2D eigenvalue weighted by Gasteiger charge is 2.51. The van der Waals surface area contributed by atoms with E-state index < -0.39 is 0 Å². The van der Waals surface area contributed by atoms with Crippen LogP contribution in [-0.4, -0.2) is 11.8 Å². The highest BCUT2D eigenvalue weighted by molar-refractivity contribution is 5.15. The Bertz CT molecular complexity index is 393. The molecule has 0 radical (unpaired) electrons. The molecule has 4 fully saturated rings. The minimum absolute atomic E-state index is 0.00455. The molecular formula is C16H21NO. The van der Waals surface area contributed by atoms with Crippen LogP contribution in [-0.2, 0) is 11.3 Å². The van der Waals surface area contributed by atoms with Crippen LogP contribution in [0.4, 0.5) is 0 Å². The summed E-state index contributed by atoms with van der Waals surface area (Å²) in [6, 6.07) is 10.7. The lowest BCUT2D eigenvalue weighted by Gasteiger charge is -2.56. The molecule has 5 rings (SSSR count). The highest BCUT2D eigenvalue weighted by atomic mass is 16.5. The van der Waals surface area contributed by atoms with Gasteiger partial charge in [-0.05, 0) is 49.5 Å². The summed E-state index contributed by atoms with van der Waals surface area (Å²) in [4.78, 5) is 0. The highest BCUT2D eigenvalue weighted by Crippen LogP contribution is 2.51. The summed E-state index contributed by atoms with van der Waals surface area (Å²) in [5.41, 5.74) is 1.36. The van der Waals surface area contributed by atoms with Gasteiger partial charge in [-0.2, -0.15) is 0 Å². The number of hydrogen-bond acceptors (Lipinski definition) is 2. The van der Waals surface area contributed by atoms with Crippen molar-refractivity contribution in [2.45, 2.75) is 50.5 Å². The molecule has 2 aliphatic carbocycles. The third-order valence-corrected chi connectivity index (χ3v) is 4.95. The minimum Gasteiger partial charge on any atom is -0.357 e. The van der Waals surface area contributed by atoms with Gasteiger partial charge in [-0.1, -0.05) is 30.3 Å². The summed E-state index contributed by atoms with van der Waals surface area (Å²) < 4.78 is 6.32. The van der Waals surface area contributed by atoms with Crippen molar-refractivity contribution in [1.82, 2.24) is 5.32 Å². The minimum atomic E-state index is 0.00455. The topological polar surface area (TPSA) is 21.3 Å². The molecule has 2 nitrogen and oxygen atoms in total. The van der Waals surface area contributed by atoms with Gasteiger partial charge in [0.2, 0.25) is 0 Å². The fourth-order valence-electron chi connectivity index (χ4n) is 4.41. The molecule has 4 bridgehead atoms. The Morgan fingerprint density at radius 2 is 1.78 bits per heavy atom. The van der Waals surface area contributed by atoms with Gasteiger partial charge in [0.25, 0.3) is 0 Å². The van der Waals surface area contributed by atoms with Gasteiger partial charge in [0.05, 0.1) is 6.10 Å². The predicted octanol–water partition coefficient (Wildman–Crippen LogP) is 3.08. The Morgan fingerprint density at radius 1 is 1.06 bits per heavy atom. The molecule has 2 heteroatoms. The zero-order chi connectivity index (χ0) is 12.0. The normalized spacial score (nSPS) is 41.2. The summed E-state index contributed by atoms with van der Waals surface area (Å²) in [7, 11) is 0. The Morgan fingerprint density at radius 3 is 2.44 bits per heavy atom. The van der Waals surface area contributed by atoms with Gasteiger partial charge in [-0.3, -0.25) is 5.32 Å². The van der Waals surface area contributed by atoms with Crippen LogP contribution in [0.5, 0.6) is 0 Å². The summed E-state index contributed by atoms with van der Waals surface area (Å²) in [5.74, 6) is 1.83. The van der Waals surface area contributed by atoms with Crippen molar-refractivity contribution in [3.63, 3.8) is 0 Å². The fourth-order valence-corrected chi connectivity index (χ4v) is 4.41. The maximum atomic E-state index is 6.32. The fraction of sp³-hybridized carbons (Fsp3) is 0.625. The number of nitrogens with one attached hydrogen (secondary N) is 1. The van der Waals surface area contributed by atoms with Crippen molar-refractivity contribution >= 4 is 0 Å². The van der Waals surface area contributed by atoms with E-state index in [1.807, 2.05) is 0 Å². The third-order valence-electron chi connectivity index (χ3n) is 4.95. The van der Waals surface area contributed by atoms with Crippen molar-refractivity contribution in [2.24, 2.45) is 11.8 Å². The molecule has 0 aromatic heterocycles. The van der Waals surface area contributed by atoms with Crippen LogP contribution in [0.25, 0.3) is 0 Å². The zero-order valence-electron chi connectivity index (χ0n) is 10.8. The van der Waals surface area contributed by atoms with E-state index in [9.17, 15) is 0 Å². The van der Waals surface area contributed by atoms with Crippen LogP contribution in [0.15, 0.2) is 30.3 Å². The van der Waals surface area contributed by atoms with Crippen molar-refractivity contribution in [1.29, 1.82) is 0 Å². The zero-order valence-corrected chi connectivity index (χ0v) is 10.8. The number of benzene rings is 1. The van der Waals surface area contributed by atoms with E-state index in [-0.39, 0.29) is 5.72 Å². The van der Waals surface area contributed by atoms with Gasteiger partial charge in [-0.15, -0.1) is 0 Å². The number of ether oxygens (including phenoxy) is 1. The molecule has 2 unspecified atom stereocenters. The second-order valence-electron chi connectivity index (χ2n) is 6.42. The monoisotopic (exact) mass is 243 g/mol. The molecule has 2 aliphatic heterocycles. The molecule has 1 aromatic rings. The maximum Gasteiger partial charge on any atom is 0.120 e. The second kappa shape index (κ2) is 4.07. The van der Waals surface area contributed by atoms with Gasteiger partial charge >= 0.3 is 0 Å². The average Bonchev–Trinajstić information content (AvgIpc) is 2.36. The molecule has 18 heavy (non-hydrogen) atoms. The first kappa shape index (κ1) is 11.0. The van der Waals surface area contributed by atoms with E-state index in [1.54, 1.807) is 0 Å². The van der Waals surface area contributed by atoms with E-state index in [1.165, 1.54) is 37.7 Å². The molecule has 2 saturated carbocycles. The summed E-state index contributed by atoms with van der Waals surface area (Å²) in [5, 5.41) is 3.72. The lowest BCUT2D eigenvalue weighted by Crippen LogP contribution is -2.61. The largest absolute Gasteiger partial charge is 0.357 e. The van der Waals surface area contributed by atoms with E-state index in [4.69, 9.17) is 4.74 Å². The van der Waals surface area contributed by atoms with Crippen LogP contribution in [0.1, 0.15) is 37.7 Å². The lowest BCUT2D eigenvalue weighted by molar-refractivity contribution is -0.234. The van der Waals surface area contributed by atoms with Crippen LogP contribution < -0.4 is 5.32 Å². The van der Waals surface area contributed by atoms with Crippen LogP contribution in [0.3, 0.4) is 0 Å².